The van der Waals surface area contributed by atoms with Gasteiger partial charge in [0.25, 0.3) is 0 Å². The minimum absolute atomic E-state index is 1.08. The van der Waals surface area contributed by atoms with Gasteiger partial charge in [-0.05, 0) is 62.2 Å². The van der Waals surface area contributed by atoms with Gasteiger partial charge in [0, 0.05) is 0 Å². The second-order valence-corrected chi connectivity index (χ2v) is 4.39. The molecule has 55 valence electrons. The lowest BCUT2D eigenvalue weighted by molar-refractivity contribution is 0.282. The average molecular weight is 135 g/mol. The molecule has 0 aromatic heterocycles. The highest BCUT2D eigenvalue weighted by Crippen LogP contribution is 2.58. The van der Waals surface area contributed by atoms with Gasteiger partial charge in [-0.3, -0.25) is 0 Å². The van der Waals surface area contributed by atoms with Gasteiger partial charge in [0.15, 0.2) is 0 Å². The summed E-state index contributed by atoms with van der Waals surface area (Å²) < 4.78 is 0. The van der Waals surface area contributed by atoms with Crippen LogP contribution in [0.1, 0.15) is 32.1 Å². The summed E-state index contributed by atoms with van der Waals surface area (Å²) in [6, 6.07) is 0. The van der Waals surface area contributed by atoms with E-state index in [1.54, 1.807) is 19.3 Å². The summed E-state index contributed by atoms with van der Waals surface area (Å²) in [5.74, 6) is 4.53. The first-order chi connectivity index (χ1) is 4.95. The van der Waals surface area contributed by atoms with Crippen LogP contribution >= 0.6 is 0 Å². The number of fused-ring (bicyclic) bond motifs is 5. The van der Waals surface area contributed by atoms with E-state index in [0.717, 1.165) is 23.7 Å². The van der Waals surface area contributed by atoms with Crippen molar-refractivity contribution in [2.75, 3.05) is 0 Å². The van der Waals surface area contributed by atoms with Crippen LogP contribution in [-0.2, 0) is 0 Å². The summed E-state index contributed by atoms with van der Waals surface area (Å²) in [6.45, 7) is 0. The van der Waals surface area contributed by atoms with E-state index in [-0.39, 0.29) is 0 Å². The summed E-state index contributed by atoms with van der Waals surface area (Å²) >= 11 is 0. The van der Waals surface area contributed by atoms with E-state index in [4.69, 9.17) is 0 Å². The molecule has 3 aliphatic rings. The van der Waals surface area contributed by atoms with Gasteiger partial charge in [0.2, 0.25) is 0 Å². The van der Waals surface area contributed by atoms with E-state index < -0.39 is 0 Å². The molecular formula is C10H15. The van der Waals surface area contributed by atoms with Crippen LogP contribution in [0.4, 0.5) is 0 Å². The van der Waals surface area contributed by atoms with Crippen molar-refractivity contribution < 1.29 is 0 Å². The third-order valence-electron chi connectivity index (χ3n) is 4.10. The van der Waals surface area contributed by atoms with Gasteiger partial charge in [-0.25, -0.2) is 0 Å². The molecule has 1 radical (unpaired) electrons. The minimum Gasteiger partial charge on any atom is -0.0499 e. The molecule has 3 aliphatic carbocycles. The van der Waals surface area contributed by atoms with Gasteiger partial charge in [-0.2, -0.15) is 0 Å². The Hall–Kier alpha value is 0. The van der Waals surface area contributed by atoms with Crippen molar-refractivity contribution >= 4 is 0 Å². The summed E-state index contributed by atoms with van der Waals surface area (Å²) in [5, 5.41) is 0. The smallest absolute Gasteiger partial charge is 0.0323 e. The first-order valence-corrected chi connectivity index (χ1v) is 4.78. The van der Waals surface area contributed by atoms with Crippen molar-refractivity contribution in [3.05, 3.63) is 6.42 Å². The molecule has 0 aliphatic heterocycles. The molecule has 0 spiro atoms. The Balaban J connectivity index is 1.92. The Morgan fingerprint density at radius 3 is 2.80 bits per heavy atom. The normalized spacial score (nSPS) is 57.6. The molecule has 0 aromatic carbocycles. The van der Waals surface area contributed by atoms with E-state index in [0.29, 0.717) is 0 Å². The standard InChI is InChI=1S/C10H15/c1-2-9-7-4-5-8(6-7)10(9)3-1/h2,7-10H,1,3-6H2. The van der Waals surface area contributed by atoms with Gasteiger partial charge in [-0.15, -0.1) is 0 Å². The number of hydrogen-bond donors (Lipinski definition) is 0. The molecule has 0 heteroatoms. The van der Waals surface area contributed by atoms with Gasteiger partial charge in [-0.1, -0.05) is 0 Å². The summed E-state index contributed by atoms with van der Waals surface area (Å²) in [5.41, 5.74) is 0. The molecule has 0 N–H and O–H groups in total. The van der Waals surface area contributed by atoms with Crippen LogP contribution in [0.5, 0.6) is 0 Å². The van der Waals surface area contributed by atoms with Crippen LogP contribution in [-0.4, -0.2) is 0 Å². The number of hydrogen-bond acceptors (Lipinski definition) is 0. The van der Waals surface area contributed by atoms with E-state index in [1.807, 2.05) is 0 Å². The second kappa shape index (κ2) is 1.78. The summed E-state index contributed by atoms with van der Waals surface area (Å²) in [7, 11) is 0. The fourth-order valence-corrected chi connectivity index (χ4v) is 3.73. The monoisotopic (exact) mass is 135 g/mol. The van der Waals surface area contributed by atoms with Crippen molar-refractivity contribution in [1.29, 1.82) is 0 Å². The summed E-state index contributed by atoms with van der Waals surface area (Å²) in [4.78, 5) is 0. The molecule has 0 saturated heterocycles. The first-order valence-electron chi connectivity index (χ1n) is 4.78. The maximum atomic E-state index is 2.62. The van der Waals surface area contributed by atoms with Gasteiger partial charge in [0.05, 0.1) is 0 Å². The van der Waals surface area contributed by atoms with Crippen molar-refractivity contribution in [2.45, 2.75) is 32.1 Å². The van der Waals surface area contributed by atoms with Crippen LogP contribution in [0, 0.1) is 30.1 Å². The molecule has 10 heavy (non-hydrogen) atoms. The highest BCUT2D eigenvalue weighted by Gasteiger charge is 2.48. The summed E-state index contributed by atoms with van der Waals surface area (Å²) in [6.07, 6.45) is 10.3. The molecule has 0 aromatic rings. The van der Waals surface area contributed by atoms with Crippen LogP contribution in [0.25, 0.3) is 0 Å². The van der Waals surface area contributed by atoms with Crippen molar-refractivity contribution in [3.8, 4) is 0 Å². The van der Waals surface area contributed by atoms with Crippen molar-refractivity contribution in [2.24, 2.45) is 23.7 Å². The minimum atomic E-state index is 1.08. The zero-order valence-corrected chi connectivity index (χ0v) is 6.42. The molecule has 0 nitrogen and oxygen atoms in total. The zero-order chi connectivity index (χ0) is 6.55. The predicted octanol–water partition coefficient (Wildman–Crippen LogP) is 2.65. The van der Waals surface area contributed by atoms with Gasteiger partial charge >= 0.3 is 0 Å². The molecule has 4 unspecified atom stereocenters. The van der Waals surface area contributed by atoms with E-state index in [9.17, 15) is 0 Å². The highest BCUT2D eigenvalue weighted by atomic mass is 14.5. The molecular weight excluding hydrogens is 120 g/mol. The third-order valence-corrected chi connectivity index (χ3v) is 4.10. The Morgan fingerprint density at radius 2 is 1.90 bits per heavy atom. The van der Waals surface area contributed by atoms with Crippen LogP contribution in [0.3, 0.4) is 0 Å². The second-order valence-electron chi connectivity index (χ2n) is 4.39. The fraction of sp³-hybridized carbons (Fsp3) is 0.900. The Labute approximate surface area is 63.0 Å². The quantitative estimate of drug-likeness (QED) is 0.479. The average Bonchev–Trinajstić information content (AvgIpc) is 2.60. The highest BCUT2D eigenvalue weighted by molar-refractivity contribution is 5.05. The van der Waals surface area contributed by atoms with Crippen molar-refractivity contribution in [3.63, 3.8) is 0 Å². The predicted molar refractivity (Wildman–Crippen MR) is 41.3 cm³/mol. The molecule has 4 atom stereocenters. The topological polar surface area (TPSA) is 0 Å². The lowest BCUT2D eigenvalue weighted by atomic mass is 9.82. The van der Waals surface area contributed by atoms with E-state index >= 15 is 0 Å². The first kappa shape index (κ1) is 5.62. The largest absolute Gasteiger partial charge is 0.0499 e. The van der Waals surface area contributed by atoms with Crippen LogP contribution in [0.2, 0.25) is 0 Å². The molecule has 0 amide bonds. The van der Waals surface area contributed by atoms with Crippen LogP contribution < -0.4 is 0 Å². The zero-order valence-electron chi connectivity index (χ0n) is 6.42. The number of rotatable bonds is 0. The van der Waals surface area contributed by atoms with E-state index in [2.05, 4.69) is 6.42 Å². The Kier molecular flexibility index (Phi) is 1.00. The Morgan fingerprint density at radius 1 is 1.00 bits per heavy atom. The SMILES string of the molecule is [CH]1CCC2C3CCC(C3)C12. The lowest BCUT2D eigenvalue weighted by Gasteiger charge is -2.23. The molecule has 3 saturated carbocycles. The lowest BCUT2D eigenvalue weighted by Crippen LogP contribution is -2.16. The third kappa shape index (κ3) is 0.538. The molecule has 2 bridgehead atoms. The van der Waals surface area contributed by atoms with Gasteiger partial charge < -0.3 is 0 Å². The van der Waals surface area contributed by atoms with Crippen molar-refractivity contribution in [1.82, 2.24) is 0 Å². The molecule has 3 fully saturated rings. The van der Waals surface area contributed by atoms with Crippen LogP contribution in [0.15, 0.2) is 0 Å². The molecule has 0 heterocycles. The van der Waals surface area contributed by atoms with E-state index in [1.165, 1.54) is 12.8 Å². The molecule has 3 rings (SSSR count). The maximum Gasteiger partial charge on any atom is -0.0323 e. The maximum absolute atomic E-state index is 2.62. The Bertz CT molecular complexity index is 134. The fourth-order valence-electron chi connectivity index (χ4n) is 3.73. The van der Waals surface area contributed by atoms with Gasteiger partial charge in [0.1, 0.15) is 0 Å².